The minimum atomic E-state index is -0.120. The second-order valence-corrected chi connectivity index (χ2v) is 5.65. The number of amides is 1. The maximum atomic E-state index is 11.8. The summed E-state index contributed by atoms with van der Waals surface area (Å²) in [4.78, 5) is 18.5. The van der Waals surface area contributed by atoms with Crippen LogP contribution in [0.5, 0.6) is 0 Å². The van der Waals surface area contributed by atoms with Crippen LogP contribution in [0.4, 0.5) is 0 Å². The van der Waals surface area contributed by atoms with E-state index in [0.29, 0.717) is 13.0 Å². The van der Waals surface area contributed by atoms with Crippen LogP contribution < -0.4 is 5.73 Å². The molecule has 4 nitrogen and oxygen atoms in total. The van der Waals surface area contributed by atoms with Crippen molar-refractivity contribution in [2.45, 2.75) is 38.3 Å². The number of carbonyl (C=O) groups excluding carboxylic acids is 1. The highest BCUT2D eigenvalue weighted by Gasteiger charge is 2.40. The molecule has 2 heterocycles. The predicted molar refractivity (Wildman–Crippen MR) is 79.7 cm³/mol. The van der Waals surface area contributed by atoms with Crippen LogP contribution in [0, 0.1) is 0 Å². The summed E-state index contributed by atoms with van der Waals surface area (Å²) >= 11 is 0. The number of nitrogens with zero attached hydrogens (tertiary/aromatic N) is 2. The third-order valence-corrected chi connectivity index (χ3v) is 4.55. The number of rotatable bonds is 2. The van der Waals surface area contributed by atoms with E-state index in [1.54, 1.807) is 0 Å². The van der Waals surface area contributed by atoms with Gasteiger partial charge in [-0.05, 0) is 29.5 Å². The van der Waals surface area contributed by atoms with Gasteiger partial charge in [0.05, 0.1) is 5.54 Å². The second kappa shape index (κ2) is 5.02. The molecule has 2 N–H and O–H groups in total. The van der Waals surface area contributed by atoms with Gasteiger partial charge in [-0.3, -0.25) is 9.79 Å². The molecule has 1 aromatic carbocycles. The normalized spacial score (nSPS) is 19.4. The molecule has 1 aromatic rings. The van der Waals surface area contributed by atoms with Gasteiger partial charge in [0.2, 0.25) is 5.91 Å². The molecule has 0 bridgehead atoms. The molecular formula is C16H21N3O. The average molecular weight is 271 g/mol. The van der Waals surface area contributed by atoms with Crippen molar-refractivity contribution in [1.29, 1.82) is 0 Å². The van der Waals surface area contributed by atoms with E-state index in [2.05, 4.69) is 18.2 Å². The summed E-state index contributed by atoms with van der Waals surface area (Å²) in [5.41, 5.74) is 9.28. The lowest BCUT2D eigenvalue weighted by Crippen LogP contribution is -2.43. The molecule has 1 spiro atoms. The Bertz CT molecular complexity index is 557. The summed E-state index contributed by atoms with van der Waals surface area (Å²) in [5, 5.41) is 0. The third-order valence-electron chi connectivity index (χ3n) is 4.55. The second-order valence-electron chi connectivity index (χ2n) is 5.65. The SMILES string of the molecule is CCC(=O)N1CCC2(CC1)N=Cc1ccc(CN)cc12. The Morgan fingerprint density at radius 2 is 2.15 bits per heavy atom. The first-order valence-electron chi connectivity index (χ1n) is 7.35. The van der Waals surface area contributed by atoms with Crippen molar-refractivity contribution in [3.63, 3.8) is 0 Å². The van der Waals surface area contributed by atoms with Gasteiger partial charge in [-0.1, -0.05) is 25.1 Å². The van der Waals surface area contributed by atoms with Crippen LogP contribution in [0.1, 0.15) is 42.9 Å². The number of fused-ring (bicyclic) bond motifs is 2. The van der Waals surface area contributed by atoms with Gasteiger partial charge in [0.25, 0.3) is 0 Å². The lowest BCUT2D eigenvalue weighted by atomic mass is 9.80. The number of hydrogen-bond donors (Lipinski definition) is 1. The Balaban J connectivity index is 1.84. The average Bonchev–Trinajstić information content (AvgIpc) is 2.85. The Kier molecular flexibility index (Phi) is 3.34. The molecule has 0 radical (unpaired) electrons. The Morgan fingerprint density at radius 1 is 1.40 bits per heavy atom. The molecule has 0 aliphatic carbocycles. The van der Waals surface area contributed by atoms with Gasteiger partial charge in [0.15, 0.2) is 0 Å². The van der Waals surface area contributed by atoms with E-state index >= 15 is 0 Å². The van der Waals surface area contributed by atoms with Crippen LogP contribution in [-0.4, -0.2) is 30.1 Å². The maximum Gasteiger partial charge on any atom is 0.222 e. The first-order valence-corrected chi connectivity index (χ1v) is 7.35. The van der Waals surface area contributed by atoms with Crippen molar-refractivity contribution in [3.05, 3.63) is 34.9 Å². The smallest absolute Gasteiger partial charge is 0.222 e. The molecule has 106 valence electrons. The molecule has 2 aliphatic rings. The van der Waals surface area contributed by atoms with Crippen LogP contribution in [0.25, 0.3) is 0 Å². The fourth-order valence-electron chi connectivity index (χ4n) is 3.26. The van der Waals surface area contributed by atoms with Gasteiger partial charge >= 0.3 is 0 Å². The highest BCUT2D eigenvalue weighted by atomic mass is 16.2. The third kappa shape index (κ3) is 2.04. The highest BCUT2D eigenvalue weighted by molar-refractivity contribution is 5.86. The van der Waals surface area contributed by atoms with Crippen LogP contribution in [0.3, 0.4) is 0 Å². The van der Waals surface area contributed by atoms with Gasteiger partial charge in [0, 0.05) is 32.3 Å². The first kappa shape index (κ1) is 13.3. The summed E-state index contributed by atoms with van der Waals surface area (Å²) in [6, 6.07) is 6.37. The van der Waals surface area contributed by atoms with E-state index in [9.17, 15) is 4.79 Å². The Hall–Kier alpha value is -1.68. The van der Waals surface area contributed by atoms with Crippen molar-refractivity contribution in [3.8, 4) is 0 Å². The molecular weight excluding hydrogens is 250 g/mol. The number of benzene rings is 1. The van der Waals surface area contributed by atoms with Gasteiger partial charge in [-0.2, -0.15) is 0 Å². The molecule has 0 atom stereocenters. The zero-order valence-electron chi connectivity index (χ0n) is 11.9. The number of nitrogens with two attached hydrogens (primary N) is 1. The molecule has 1 fully saturated rings. The molecule has 0 saturated carbocycles. The lowest BCUT2D eigenvalue weighted by Gasteiger charge is -2.38. The molecule has 1 amide bonds. The van der Waals surface area contributed by atoms with Crippen LogP contribution in [0.15, 0.2) is 23.2 Å². The van der Waals surface area contributed by atoms with E-state index in [1.807, 2.05) is 18.0 Å². The molecule has 0 aromatic heterocycles. The zero-order chi connectivity index (χ0) is 14.2. The van der Waals surface area contributed by atoms with Gasteiger partial charge in [-0.25, -0.2) is 0 Å². The number of carbonyl (C=O) groups is 1. The molecule has 2 aliphatic heterocycles. The van der Waals surface area contributed by atoms with Crippen LogP contribution in [-0.2, 0) is 16.9 Å². The summed E-state index contributed by atoms with van der Waals surface area (Å²) in [6.45, 7) is 4.08. The topological polar surface area (TPSA) is 58.7 Å². The lowest BCUT2D eigenvalue weighted by molar-refractivity contribution is -0.132. The van der Waals surface area contributed by atoms with E-state index in [4.69, 9.17) is 10.7 Å². The molecule has 1 saturated heterocycles. The van der Waals surface area contributed by atoms with Gasteiger partial charge in [-0.15, -0.1) is 0 Å². The Labute approximate surface area is 119 Å². The van der Waals surface area contributed by atoms with Crippen molar-refractivity contribution in [1.82, 2.24) is 4.90 Å². The standard InChI is InChI=1S/C16H21N3O/c1-2-15(20)19-7-5-16(6-8-19)14-9-12(10-17)3-4-13(14)11-18-16/h3-4,9,11H,2,5-8,10,17H2,1H3. The van der Waals surface area contributed by atoms with Crippen LogP contribution >= 0.6 is 0 Å². The summed E-state index contributed by atoms with van der Waals surface area (Å²) in [7, 11) is 0. The highest BCUT2D eigenvalue weighted by Crippen LogP contribution is 2.42. The van der Waals surface area contributed by atoms with Crippen molar-refractivity contribution in [2.24, 2.45) is 10.7 Å². The molecule has 4 heteroatoms. The number of likely N-dealkylation sites (tertiary alicyclic amines) is 1. The van der Waals surface area contributed by atoms with E-state index in [0.717, 1.165) is 31.5 Å². The number of piperidine rings is 1. The minimum Gasteiger partial charge on any atom is -0.343 e. The van der Waals surface area contributed by atoms with Crippen molar-refractivity contribution >= 4 is 12.1 Å². The summed E-state index contributed by atoms with van der Waals surface area (Å²) in [6.07, 6.45) is 4.39. The first-order chi connectivity index (χ1) is 9.68. The van der Waals surface area contributed by atoms with Crippen LogP contribution in [0.2, 0.25) is 0 Å². The molecule has 3 rings (SSSR count). The number of aliphatic imine (C=N–C) groups is 1. The number of hydrogen-bond acceptors (Lipinski definition) is 3. The summed E-state index contributed by atoms with van der Waals surface area (Å²) < 4.78 is 0. The van der Waals surface area contributed by atoms with E-state index in [-0.39, 0.29) is 11.4 Å². The zero-order valence-corrected chi connectivity index (χ0v) is 11.9. The summed E-state index contributed by atoms with van der Waals surface area (Å²) in [5.74, 6) is 0.248. The molecule has 20 heavy (non-hydrogen) atoms. The van der Waals surface area contributed by atoms with Gasteiger partial charge < -0.3 is 10.6 Å². The van der Waals surface area contributed by atoms with Gasteiger partial charge in [0.1, 0.15) is 0 Å². The largest absolute Gasteiger partial charge is 0.343 e. The predicted octanol–water partition coefficient (Wildman–Crippen LogP) is 1.81. The maximum absolute atomic E-state index is 11.8. The van der Waals surface area contributed by atoms with E-state index < -0.39 is 0 Å². The monoisotopic (exact) mass is 271 g/mol. The quantitative estimate of drug-likeness (QED) is 0.891. The fraction of sp³-hybridized carbons (Fsp3) is 0.500. The fourth-order valence-corrected chi connectivity index (χ4v) is 3.26. The van der Waals surface area contributed by atoms with E-state index in [1.165, 1.54) is 11.1 Å². The molecule has 0 unspecified atom stereocenters. The van der Waals surface area contributed by atoms with Crippen molar-refractivity contribution in [2.75, 3.05) is 13.1 Å². The minimum absolute atomic E-state index is 0.120. The Morgan fingerprint density at radius 3 is 2.80 bits per heavy atom. The van der Waals surface area contributed by atoms with Crippen molar-refractivity contribution < 1.29 is 4.79 Å².